The van der Waals surface area contributed by atoms with Gasteiger partial charge in [0.1, 0.15) is 5.82 Å². The maximum absolute atomic E-state index is 13.4. The molecular weight excluding hydrogens is 169 g/mol. The summed E-state index contributed by atoms with van der Waals surface area (Å²) in [7, 11) is 0. The molecule has 1 rings (SSSR count). The number of rotatable bonds is 2. The maximum atomic E-state index is 13.4. The highest BCUT2D eigenvalue weighted by atomic mass is 19.1. The van der Waals surface area contributed by atoms with Gasteiger partial charge in [-0.15, -0.1) is 0 Å². The number of aliphatic hydroxyl groups excluding tert-OH is 1. The summed E-state index contributed by atoms with van der Waals surface area (Å²) in [5.74, 6) is -0.323. The first-order valence-electron chi connectivity index (χ1n) is 4.22. The molecule has 2 atom stereocenters. The average Bonchev–Trinajstić information content (AvgIpc) is 2.08. The lowest BCUT2D eigenvalue weighted by Gasteiger charge is -2.16. The summed E-state index contributed by atoms with van der Waals surface area (Å²) < 4.78 is 13.4. The Morgan fingerprint density at radius 2 is 2.08 bits per heavy atom. The van der Waals surface area contributed by atoms with Crippen molar-refractivity contribution in [3.8, 4) is 0 Å². The number of hydrogen-bond donors (Lipinski definition) is 2. The lowest BCUT2D eigenvalue weighted by Crippen LogP contribution is -2.24. The predicted molar refractivity (Wildman–Crippen MR) is 49.7 cm³/mol. The summed E-state index contributed by atoms with van der Waals surface area (Å²) in [5, 5.41) is 9.20. The van der Waals surface area contributed by atoms with Crippen molar-refractivity contribution < 1.29 is 9.50 Å². The Hall–Kier alpha value is -0.930. The molecule has 0 aliphatic heterocycles. The van der Waals surface area contributed by atoms with E-state index >= 15 is 0 Å². The van der Waals surface area contributed by atoms with Gasteiger partial charge in [0.05, 0.1) is 12.1 Å². The third-order valence-electron chi connectivity index (χ3n) is 2.10. The number of aliphatic hydroxyl groups is 1. The van der Waals surface area contributed by atoms with Crippen LogP contribution in [0.1, 0.15) is 24.1 Å². The van der Waals surface area contributed by atoms with Gasteiger partial charge in [0.15, 0.2) is 0 Å². The third kappa shape index (κ3) is 2.05. The predicted octanol–water partition coefficient (Wildman–Crippen LogP) is 1.51. The Morgan fingerprint density at radius 1 is 1.46 bits per heavy atom. The first kappa shape index (κ1) is 10.2. The molecule has 3 heteroatoms. The van der Waals surface area contributed by atoms with Crippen molar-refractivity contribution in [2.75, 3.05) is 0 Å². The summed E-state index contributed by atoms with van der Waals surface area (Å²) in [4.78, 5) is 0. The second-order valence-electron chi connectivity index (χ2n) is 3.24. The second kappa shape index (κ2) is 3.85. The number of halogens is 1. The van der Waals surface area contributed by atoms with Crippen molar-refractivity contribution in [2.24, 2.45) is 5.73 Å². The summed E-state index contributed by atoms with van der Waals surface area (Å²) in [6.07, 6.45) is -0.740. The van der Waals surface area contributed by atoms with E-state index in [4.69, 9.17) is 5.73 Å². The molecule has 0 amide bonds. The smallest absolute Gasteiger partial charge is 0.130 e. The van der Waals surface area contributed by atoms with E-state index in [0.717, 1.165) is 0 Å². The van der Waals surface area contributed by atoms with Gasteiger partial charge in [-0.2, -0.15) is 0 Å². The Balaban J connectivity index is 3.07. The van der Waals surface area contributed by atoms with E-state index in [9.17, 15) is 9.50 Å². The number of aryl methyl sites for hydroxylation is 1. The summed E-state index contributed by atoms with van der Waals surface area (Å²) in [5.41, 5.74) is 6.54. The van der Waals surface area contributed by atoms with Gasteiger partial charge in [-0.3, -0.25) is 0 Å². The zero-order chi connectivity index (χ0) is 10.0. The highest BCUT2D eigenvalue weighted by molar-refractivity contribution is 5.27. The zero-order valence-corrected chi connectivity index (χ0v) is 7.79. The van der Waals surface area contributed by atoms with Crippen LogP contribution < -0.4 is 5.73 Å². The summed E-state index contributed by atoms with van der Waals surface area (Å²) in [6, 6.07) is 4.35. The quantitative estimate of drug-likeness (QED) is 0.730. The van der Waals surface area contributed by atoms with Gasteiger partial charge in [0, 0.05) is 5.56 Å². The Labute approximate surface area is 77.2 Å². The van der Waals surface area contributed by atoms with Crippen LogP contribution >= 0.6 is 0 Å². The SMILES string of the molecule is Cc1cccc([C@H](N)C(C)O)c1F. The number of nitrogens with two attached hydrogens (primary N) is 1. The molecule has 0 saturated carbocycles. The van der Waals surface area contributed by atoms with Crippen LogP contribution in [0.15, 0.2) is 18.2 Å². The molecule has 2 nitrogen and oxygen atoms in total. The Bertz CT molecular complexity index is 299. The van der Waals surface area contributed by atoms with Crippen molar-refractivity contribution in [3.05, 3.63) is 35.1 Å². The Morgan fingerprint density at radius 3 is 2.62 bits per heavy atom. The van der Waals surface area contributed by atoms with Gasteiger partial charge in [-0.1, -0.05) is 18.2 Å². The molecule has 72 valence electrons. The molecule has 3 N–H and O–H groups in total. The molecule has 0 bridgehead atoms. The van der Waals surface area contributed by atoms with E-state index < -0.39 is 12.1 Å². The molecule has 0 aliphatic rings. The average molecular weight is 183 g/mol. The normalized spacial score (nSPS) is 15.5. The highest BCUT2D eigenvalue weighted by Gasteiger charge is 2.16. The van der Waals surface area contributed by atoms with Gasteiger partial charge in [0.2, 0.25) is 0 Å². The van der Waals surface area contributed by atoms with Crippen LogP contribution in [0, 0.1) is 12.7 Å². The van der Waals surface area contributed by atoms with Crippen molar-refractivity contribution in [1.29, 1.82) is 0 Å². The van der Waals surface area contributed by atoms with E-state index in [1.54, 1.807) is 32.0 Å². The molecule has 1 aromatic carbocycles. The van der Waals surface area contributed by atoms with Gasteiger partial charge < -0.3 is 10.8 Å². The first-order valence-corrected chi connectivity index (χ1v) is 4.22. The lowest BCUT2D eigenvalue weighted by atomic mass is 10.0. The molecule has 13 heavy (non-hydrogen) atoms. The van der Waals surface area contributed by atoms with Gasteiger partial charge >= 0.3 is 0 Å². The van der Waals surface area contributed by atoms with Crippen molar-refractivity contribution in [3.63, 3.8) is 0 Å². The van der Waals surface area contributed by atoms with Crippen LogP contribution in [0.4, 0.5) is 4.39 Å². The fraction of sp³-hybridized carbons (Fsp3) is 0.400. The maximum Gasteiger partial charge on any atom is 0.130 e. The third-order valence-corrected chi connectivity index (χ3v) is 2.10. The first-order chi connectivity index (χ1) is 6.04. The van der Waals surface area contributed by atoms with Gasteiger partial charge in [0.25, 0.3) is 0 Å². The van der Waals surface area contributed by atoms with E-state index in [0.29, 0.717) is 11.1 Å². The molecule has 0 aromatic heterocycles. The molecular formula is C10H14FNO. The van der Waals surface area contributed by atoms with Crippen LogP contribution in [-0.2, 0) is 0 Å². The molecule has 0 heterocycles. The fourth-order valence-corrected chi connectivity index (χ4v) is 1.19. The van der Waals surface area contributed by atoms with Crippen LogP contribution in [0.3, 0.4) is 0 Å². The molecule has 1 unspecified atom stereocenters. The van der Waals surface area contributed by atoms with Crippen LogP contribution in [0.2, 0.25) is 0 Å². The molecule has 0 spiro atoms. The standard InChI is InChI=1S/C10H14FNO/c1-6-4-3-5-8(9(6)11)10(12)7(2)13/h3-5,7,10,13H,12H2,1-2H3/t7?,10-/m1/s1. The largest absolute Gasteiger partial charge is 0.391 e. The lowest BCUT2D eigenvalue weighted by molar-refractivity contribution is 0.162. The Kier molecular flexibility index (Phi) is 3.01. The fourth-order valence-electron chi connectivity index (χ4n) is 1.19. The summed E-state index contributed by atoms with van der Waals surface area (Å²) in [6.45, 7) is 3.22. The van der Waals surface area contributed by atoms with E-state index in [1.165, 1.54) is 0 Å². The van der Waals surface area contributed by atoms with E-state index in [1.807, 2.05) is 0 Å². The molecule has 0 radical (unpaired) electrons. The molecule has 0 fully saturated rings. The van der Waals surface area contributed by atoms with Crippen LogP contribution in [-0.4, -0.2) is 11.2 Å². The van der Waals surface area contributed by atoms with Gasteiger partial charge in [-0.25, -0.2) is 4.39 Å². The summed E-state index contributed by atoms with van der Waals surface area (Å²) >= 11 is 0. The van der Waals surface area contributed by atoms with E-state index in [2.05, 4.69) is 0 Å². The minimum absolute atomic E-state index is 0.323. The molecule has 0 saturated heterocycles. The van der Waals surface area contributed by atoms with Crippen molar-refractivity contribution in [2.45, 2.75) is 26.0 Å². The van der Waals surface area contributed by atoms with Crippen molar-refractivity contribution >= 4 is 0 Å². The monoisotopic (exact) mass is 183 g/mol. The molecule has 0 aliphatic carbocycles. The number of hydrogen-bond acceptors (Lipinski definition) is 2. The molecule has 1 aromatic rings. The topological polar surface area (TPSA) is 46.2 Å². The van der Waals surface area contributed by atoms with Gasteiger partial charge in [-0.05, 0) is 19.4 Å². The zero-order valence-electron chi connectivity index (χ0n) is 7.79. The highest BCUT2D eigenvalue weighted by Crippen LogP contribution is 2.20. The minimum atomic E-state index is -0.740. The van der Waals surface area contributed by atoms with E-state index in [-0.39, 0.29) is 5.82 Å². The second-order valence-corrected chi connectivity index (χ2v) is 3.24. The minimum Gasteiger partial charge on any atom is -0.391 e. The number of benzene rings is 1. The van der Waals surface area contributed by atoms with Crippen LogP contribution in [0.5, 0.6) is 0 Å². The van der Waals surface area contributed by atoms with Crippen LogP contribution in [0.25, 0.3) is 0 Å². The van der Waals surface area contributed by atoms with Crippen molar-refractivity contribution in [1.82, 2.24) is 0 Å².